The number of rotatable bonds is 4. The van der Waals surface area contributed by atoms with E-state index in [1.807, 2.05) is 0 Å². The monoisotopic (exact) mass is 240 g/mol. The van der Waals surface area contributed by atoms with Gasteiger partial charge in [-0.15, -0.1) is 0 Å². The Morgan fingerprint density at radius 2 is 1.14 bits per heavy atom. The molecule has 14 heavy (non-hydrogen) atoms. The van der Waals surface area contributed by atoms with E-state index in [2.05, 4.69) is 0 Å². The molecule has 0 fully saturated rings. The number of carbonyl (C=O) groups excluding carboxylic acids is 2. The summed E-state index contributed by atoms with van der Waals surface area (Å²) in [5.74, 6) is -1.92. The fourth-order valence-electron chi connectivity index (χ4n) is 0.408. The minimum absolute atomic E-state index is 0. The van der Waals surface area contributed by atoms with Gasteiger partial charge in [0.1, 0.15) is 0 Å². The Hall–Kier alpha value is 0.966. The van der Waals surface area contributed by atoms with E-state index in [0.29, 0.717) is 12.8 Å². The molecule has 0 atom stereocenters. The van der Waals surface area contributed by atoms with Gasteiger partial charge in [0.25, 0.3) is 0 Å². The van der Waals surface area contributed by atoms with Crippen molar-refractivity contribution in [3.8, 4) is 0 Å². The Morgan fingerprint density at radius 3 is 1.14 bits per heavy atom. The summed E-state index contributed by atoms with van der Waals surface area (Å²) in [6.45, 7) is 3.60. The molecule has 0 rings (SSSR count). The van der Waals surface area contributed by atoms with E-state index < -0.39 is 11.9 Å². The van der Waals surface area contributed by atoms with Gasteiger partial charge in [-0.2, -0.15) is 0 Å². The second-order valence-electron chi connectivity index (χ2n) is 2.24. The molecule has 0 radical (unpaired) electrons. The van der Waals surface area contributed by atoms with Gasteiger partial charge in [-0.25, -0.2) is 0 Å². The molecule has 0 N–H and O–H groups in total. The first kappa shape index (κ1) is 24.3. The summed E-state index contributed by atoms with van der Waals surface area (Å²) < 4.78 is 0. The molecular formula is C8H16CaMgO4. The second kappa shape index (κ2) is 19.5. The molecule has 0 saturated carbocycles. The average molecular weight is 241 g/mol. The summed E-state index contributed by atoms with van der Waals surface area (Å²) in [7, 11) is 0. The first-order valence-corrected chi connectivity index (χ1v) is 3.94. The summed E-state index contributed by atoms with van der Waals surface area (Å²) in [6, 6.07) is 0. The van der Waals surface area contributed by atoms with E-state index in [1.165, 1.54) is 0 Å². The molecule has 0 saturated heterocycles. The predicted octanol–water partition coefficient (Wildman–Crippen LogP) is -2.22. The van der Waals surface area contributed by atoms with Crippen LogP contribution in [0.1, 0.15) is 39.5 Å². The first-order chi connectivity index (χ1) is 5.54. The number of hydrogen-bond donors (Lipinski definition) is 0. The molecule has 0 unspecified atom stereocenters. The Labute approximate surface area is 131 Å². The van der Waals surface area contributed by atoms with Crippen molar-refractivity contribution in [2.24, 2.45) is 0 Å². The second-order valence-corrected chi connectivity index (χ2v) is 2.24. The summed E-state index contributed by atoms with van der Waals surface area (Å²) >= 11 is 0. The van der Waals surface area contributed by atoms with Gasteiger partial charge in [-0.3, -0.25) is 0 Å². The van der Waals surface area contributed by atoms with Gasteiger partial charge in [-0.1, -0.05) is 26.7 Å². The van der Waals surface area contributed by atoms with Crippen LogP contribution >= 0.6 is 0 Å². The number of carboxylic acid groups (broad SMARTS) is 2. The molecule has 0 bridgehead atoms. The molecule has 0 aliphatic rings. The van der Waals surface area contributed by atoms with Gasteiger partial charge in [0.15, 0.2) is 0 Å². The number of hydrogen-bond acceptors (Lipinski definition) is 4. The van der Waals surface area contributed by atoms with Crippen molar-refractivity contribution in [3.63, 3.8) is 0 Å². The van der Waals surface area contributed by atoms with Crippen LogP contribution in [0.2, 0.25) is 0 Å². The van der Waals surface area contributed by atoms with Crippen molar-refractivity contribution >= 4 is 72.7 Å². The largest absolute Gasteiger partial charge is 2.00 e. The first-order valence-electron chi connectivity index (χ1n) is 3.94. The van der Waals surface area contributed by atoms with Crippen LogP contribution < -0.4 is 10.2 Å². The molecule has 0 heterocycles. The van der Waals surface area contributed by atoms with Crippen molar-refractivity contribution < 1.29 is 19.8 Å². The molecule has 76 valence electrons. The van der Waals surface area contributed by atoms with E-state index in [-0.39, 0.29) is 73.6 Å². The standard InChI is InChI=1S/2C4H8O2.Ca.Mg.2H/c2*1-2-3-4(5)6;;;;/h2*2-3H2,1H3,(H,5,6);;;;/q;;;+2;;/p-2. The van der Waals surface area contributed by atoms with Crippen molar-refractivity contribution in [1.29, 1.82) is 0 Å². The van der Waals surface area contributed by atoms with Crippen molar-refractivity contribution in [1.82, 2.24) is 0 Å². The Balaban J connectivity index is -0.0000000625. The minimum Gasteiger partial charge on any atom is 2.00 e. The minimum atomic E-state index is -0.961. The molecule has 4 nitrogen and oxygen atoms in total. The van der Waals surface area contributed by atoms with Gasteiger partial charge in [0, 0.05) is 11.9 Å². The van der Waals surface area contributed by atoms with Crippen molar-refractivity contribution in [2.75, 3.05) is 0 Å². The van der Waals surface area contributed by atoms with Crippen LogP contribution in [0.15, 0.2) is 0 Å². The van der Waals surface area contributed by atoms with E-state index in [0.717, 1.165) is 0 Å². The van der Waals surface area contributed by atoms with Gasteiger partial charge in [-0.05, 0) is 12.8 Å². The van der Waals surface area contributed by atoms with Crippen LogP contribution in [0.5, 0.6) is 0 Å². The van der Waals surface area contributed by atoms with E-state index in [1.54, 1.807) is 13.8 Å². The molecule has 6 heteroatoms. The number of aliphatic carboxylic acids is 2. The third-order valence-corrected chi connectivity index (χ3v) is 0.908. The molecule has 0 amide bonds. The molecule has 0 aromatic rings. The number of carbonyl (C=O) groups is 2. The topological polar surface area (TPSA) is 80.3 Å². The Morgan fingerprint density at radius 1 is 0.929 bits per heavy atom. The maximum Gasteiger partial charge on any atom is 2.00 e. The molecular weight excluding hydrogens is 224 g/mol. The Bertz CT molecular complexity index is 125. The summed E-state index contributed by atoms with van der Waals surface area (Å²) in [5, 5.41) is 19.0. The van der Waals surface area contributed by atoms with E-state index >= 15 is 0 Å². The zero-order valence-electron chi connectivity index (χ0n) is 8.17. The predicted molar refractivity (Wildman–Crippen MR) is 54.1 cm³/mol. The van der Waals surface area contributed by atoms with Gasteiger partial charge in [0.2, 0.25) is 0 Å². The molecule has 0 aliphatic carbocycles. The van der Waals surface area contributed by atoms with Crippen LogP contribution in [0.25, 0.3) is 0 Å². The summed E-state index contributed by atoms with van der Waals surface area (Å²) in [6.07, 6.45) is 1.70. The van der Waals surface area contributed by atoms with Crippen molar-refractivity contribution in [3.05, 3.63) is 0 Å². The SMILES string of the molecule is CCCC(=O)[O-].CCCC(=O)[O-].[CaH2].[Mg+2]. The van der Waals surface area contributed by atoms with Gasteiger partial charge < -0.3 is 19.8 Å². The van der Waals surface area contributed by atoms with Crippen LogP contribution in [-0.2, 0) is 9.59 Å². The fourth-order valence-corrected chi connectivity index (χ4v) is 0.408. The zero-order valence-corrected chi connectivity index (χ0v) is 9.58. The number of carboxylic acids is 2. The molecule has 0 spiro atoms. The quantitative estimate of drug-likeness (QED) is 0.521. The van der Waals surface area contributed by atoms with Crippen LogP contribution in [0.3, 0.4) is 0 Å². The zero-order chi connectivity index (χ0) is 9.98. The average Bonchev–Trinajstić information content (AvgIpc) is 1.87. The Kier molecular flexibility index (Phi) is 33.9. The maximum absolute atomic E-state index is 9.49. The van der Waals surface area contributed by atoms with E-state index in [9.17, 15) is 19.8 Å². The summed E-state index contributed by atoms with van der Waals surface area (Å²) in [5.41, 5.74) is 0. The molecule has 0 aliphatic heterocycles. The van der Waals surface area contributed by atoms with E-state index in [4.69, 9.17) is 0 Å². The van der Waals surface area contributed by atoms with Crippen LogP contribution in [0.4, 0.5) is 0 Å². The smallest absolute Gasteiger partial charge is 2.00 e. The van der Waals surface area contributed by atoms with Crippen molar-refractivity contribution in [2.45, 2.75) is 39.5 Å². The summed E-state index contributed by atoms with van der Waals surface area (Å²) in [4.78, 5) is 19.0. The third-order valence-electron chi connectivity index (χ3n) is 0.908. The van der Waals surface area contributed by atoms with Gasteiger partial charge >= 0.3 is 60.8 Å². The fraction of sp³-hybridized carbons (Fsp3) is 0.750. The third kappa shape index (κ3) is 38.3. The van der Waals surface area contributed by atoms with Crippen LogP contribution in [0, 0.1) is 0 Å². The normalized spacial score (nSPS) is 7.00. The molecule has 0 aromatic carbocycles. The van der Waals surface area contributed by atoms with Crippen LogP contribution in [-0.4, -0.2) is 72.7 Å². The maximum atomic E-state index is 9.49. The molecule has 0 aromatic heterocycles. The van der Waals surface area contributed by atoms with Gasteiger partial charge in [0.05, 0.1) is 0 Å².